The van der Waals surface area contributed by atoms with Crippen molar-refractivity contribution in [2.75, 3.05) is 6.54 Å². The number of hydrogen-bond donors (Lipinski definition) is 2. The second-order valence-corrected chi connectivity index (χ2v) is 4.40. The molecule has 0 saturated heterocycles. The van der Waals surface area contributed by atoms with Crippen molar-refractivity contribution >= 4 is 0 Å². The molecule has 15 heavy (non-hydrogen) atoms. The van der Waals surface area contributed by atoms with Gasteiger partial charge in [-0.25, -0.2) is 0 Å². The molecule has 2 unspecified atom stereocenters. The van der Waals surface area contributed by atoms with E-state index in [9.17, 15) is 5.11 Å². The van der Waals surface area contributed by atoms with Gasteiger partial charge in [-0.1, -0.05) is 13.0 Å². The monoisotopic (exact) mass is 206 g/mol. The first-order chi connectivity index (χ1) is 7.18. The summed E-state index contributed by atoms with van der Waals surface area (Å²) < 4.78 is 0. The van der Waals surface area contributed by atoms with Crippen LogP contribution in [-0.2, 0) is 12.0 Å². The van der Waals surface area contributed by atoms with Crippen molar-refractivity contribution in [1.29, 1.82) is 0 Å². The fourth-order valence-electron chi connectivity index (χ4n) is 2.49. The lowest BCUT2D eigenvalue weighted by molar-refractivity contribution is -0.0340. The third kappa shape index (κ3) is 1.66. The van der Waals surface area contributed by atoms with Crippen LogP contribution in [-0.4, -0.2) is 16.6 Å². The highest BCUT2D eigenvalue weighted by Gasteiger charge is 2.39. The molecule has 0 aromatic carbocycles. The zero-order valence-corrected chi connectivity index (χ0v) is 9.11. The molecule has 1 aromatic heterocycles. The van der Waals surface area contributed by atoms with E-state index >= 15 is 0 Å². The third-order valence-corrected chi connectivity index (χ3v) is 3.51. The molecule has 3 N–H and O–H groups in total. The van der Waals surface area contributed by atoms with Gasteiger partial charge in [-0.05, 0) is 37.8 Å². The number of hydrogen-bond acceptors (Lipinski definition) is 3. The quantitative estimate of drug-likeness (QED) is 0.764. The van der Waals surface area contributed by atoms with E-state index in [1.165, 1.54) is 0 Å². The number of aliphatic hydroxyl groups is 1. The molecular weight excluding hydrogens is 188 g/mol. The largest absolute Gasteiger partial charge is 0.385 e. The Balaban J connectivity index is 2.45. The number of fused-ring (bicyclic) bond motifs is 1. The summed E-state index contributed by atoms with van der Waals surface area (Å²) in [5.74, 6) is 0.262. The van der Waals surface area contributed by atoms with Gasteiger partial charge in [0.2, 0.25) is 0 Å². The van der Waals surface area contributed by atoms with Gasteiger partial charge in [-0.15, -0.1) is 0 Å². The summed E-state index contributed by atoms with van der Waals surface area (Å²) in [7, 11) is 0. The summed E-state index contributed by atoms with van der Waals surface area (Å²) in [5, 5.41) is 10.7. The van der Waals surface area contributed by atoms with Gasteiger partial charge in [0.05, 0.1) is 5.60 Å². The van der Waals surface area contributed by atoms with E-state index in [2.05, 4.69) is 11.9 Å². The van der Waals surface area contributed by atoms with E-state index in [-0.39, 0.29) is 5.92 Å². The van der Waals surface area contributed by atoms with Crippen LogP contribution in [0.3, 0.4) is 0 Å². The summed E-state index contributed by atoms with van der Waals surface area (Å²) in [4.78, 5) is 4.33. The highest BCUT2D eigenvalue weighted by Crippen LogP contribution is 2.40. The van der Waals surface area contributed by atoms with Crippen LogP contribution in [0, 0.1) is 5.92 Å². The van der Waals surface area contributed by atoms with Crippen LogP contribution in [0.15, 0.2) is 18.3 Å². The summed E-state index contributed by atoms with van der Waals surface area (Å²) in [6, 6.07) is 3.87. The van der Waals surface area contributed by atoms with Crippen molar-refractivity contribution in [3.05, 3.63) is 29.6 Å². The Hall–Kier alpha value is -0.930. The van der Waals surface area contributed by atoms with Gasteiger partial charge in [0, 0.05) is 17.5 Å². The van der Waals surface area contributed by atoms with Crippen molar-refractivity contribution in [3.8, 4) is 0 Å². The topological polar surface area (TPSA) is 59.1 Å². The molecule has 0 spiro atoms. The molecule has 3 heteroatoms. The lowest BCUT2D eigenvalue weighted by atomic mass is 9.72. The number of rotatable bonds is 2. The maximum Gasteiger partial charge on any atom is 0.0951 e. The van der Waals surface area contributed by atoms with Crippen LogP contribution in [0.1, 0.15) is 31.0 Å². The summed E-state index contributed by atoms with van der Waals surface area (Å²) in [6.45, 7) is 2.60. The second-order valence-electron chi connectivity index (χ2n) is 4.40. The Bertz CT molecular complexity index is 353. The molecule has 1 aliphatic carbocycles. The molecule has 2 atom stereocenters. The Morgan fingerprint density at radius 3 is 3.20 bits per heavy atom. The van der Waals surface area contributed by atoms with E-state index in [1.807, 2.05) is 12.1 Å². The zero-order chi connectivity index (χ0) is 10.9. The van der Waals surface area contributed by atoms with E-state index in [0.717, 1.165) is 24.1 Å². The molecule has 1 aliphatic rings. The number of aromatic nitrogens is 1. The predicted octanol–water partition coefficient (Wildman–Crippen LogP) is 1.20. The predicted molar refractivity (Wildman–Crippen MR) is 59.3 cm³/mol. The van der Waals surface area contributed by atoms with E-state index in [0.29, 0.717) is 13.0 Å². The van der Waals surface area contributed by atoms with Crippen molar-refractivity contribution < 1.29 is 5.11 Å². The number of nitrogens with two attached hydrogens (primary N) is 1. The van der Waals surface area contributed by atoms with Gasteiger partial charge in [0.15, 0.2) is 0 Å². The third-order valence-electron chi connectivity index (χ3n) is 3.51. The molecule has 0 fully saturated rings. The fourth-order valence-corrected chi connectivity index (χ4v) is 2.49. The molecular formula is C12H18N2O. The van der Waals surface area contributed by atoms with Gasteiger partial charge in [0.25, 0.3) is 0 Å². The van der Waals surface area contributed by atoms with Crippen LogP contribution in [0.4, 0.5) is 0 Å². The number of nitrogens with zero attached hydrogens (tertiary/aromatic N) is 1. The summed E-state index contributed by atoms with van der Waals surface area (Å²) in [5.41, 5.74) is 6.83. The second kappa shape index (κ2) is 3.91. The lowest BCUT2D eigenvalue weighted by Gasteiger charge is -2.39. The molecule has 0 aliphatic heterocycles. The van der Waals surface area contributed by atoms with Gasteiger partial charge < -0.3 is 10.8 Å². The van der Waals surface area contributed by atoms with Crippen molar-refractivity contribution in [2.24, 2.45) is 11.7 Å². The van der Waals surface area contributed by atoms with Gasteiger partial charge in [-0.3, -0.25) is 4.98 Å². The highest BCUT2D eigenvalue weighted by atomic mass is 16.3. The van der Waals surface area contributed by atoms with E-state index < -0.39 is 5.60 Å². The zero-order valence-electron chi connectivity index (χ0n) is 9.11. The first-order valence-electron chi connectivity index (χ1n) is 5.55. The minimum Gasteiger partial charge on any atom is -0.385 e. The standard InChI is InChI=1S/C12H18N2O/c1-9-4-5-11-10(3-2-8-14-11)12(9,15)6-7-13/h2-3,8-9,15H,4-7,13H2,1H3. The van der Waals surface area contributed by atoms with Gasteiger partial charge >= 0.3 is 0 Å². The normalized spacial score (nSPS) is 29.9. The summed E-state index contributed by atoms with van der Waals surface area (Å²) >= 11 is 0. The van der Waals surface area contributed by atoms with Crippen LogP contribution in [0.2, 0.25) is 0 Å². The minimum absolute atomic E-state index is 0.262. The lowest BCUT2D eigenvalue weighted by Crippen LogP contribution is -2.40. The molecule has 0 saturated carbocycles. The Labute approximate surface area is 90.3 Å². The fraction of sp³-hybridized carbons (Fsp3) is 0.583. The molecule has 3 nitrogen and oxygen atoms in total. The molecule has 82 valence electrons. The summed E-state index contributed by atoms with van der Waals surface area (Å²) in [6.07, 6.45) is 4.36. The van der Waals surface area contributed by atoms with Crippen molar-refractivity contribution in [2.45, 2.75) is 31.8 Å². The number of aryl methyl sites for hydroxylation is 1. The molecule has 1 heterocycles. The Morgan fingerprint density at radius 2 is 2.47 bits per heavy atom. The van der Waals surface area contributed by atoms with Crippen LogP contribution < -0.4 is 5.73 Å². The van der Waals surface area contributed by atoms with Crippen molar-refractivity contribution in [1.82, 2.24) is 4.98 Å². The minimum atomic E-state index is -0.767. The Kier molecular flexibility index (Phi) is 2.76. The smallest absolute Gasteiger partial charge is 0.0951 e. The van der Waals surface area contributed by atoms with Gasteiger partial charge in [-0.2, -0.15) is 0 Å². The Morgan fingerprint density at radius 1 is 1.67 bits per heavy atom. The molecule has 0 radical (unpaired) electrons. The molecule has 2 rings (SSSR count). The van der Waals surface area contributed by atoms with Crippen LogP contribution in [0.25, 0.3) is 0 Å². The van der Waals surface area contributed by atoms with E-state index in [1.54, 1.807) is 6.20 Å². The van der Waals surface area contributed by atoms with Gasteiger partial charge in [0.1, 0.15) is 0 Å². The average molecular weight is 206 g/mol. The number of pyridine rings is 1. The average Bonchev–Trinajstić information content (AvgIpc) is 2.25. The van der Waals surface area contributed by atoms with Crippen molar-refractivity contribution in [3.63, 3.8) is 0 Å². The first-order valence-corrected chi connectivity index (χ1v) is 5.55. The SMILES string of the molecule is CC1CCc2ncccc2C1(O)CCN. The first kappa shape index (κ1) is 10.6. The van der Waals surface area contributed by atoms with Crippen LogP contribution in [0.5, 0.6) is 0 Å². The highest BCUT2D eigenvalue weighted by molar-refractivity contribution is 5.30. The van der Waals surface area contributed by atoms with Crippen LogP contribution >= 0.6 is 0 Å². The van der Waals surface area contributed by atoms with E-state index in [4.69, 9.17) is 5.73 Å². The maximum absolute atomic E-state index is 10.7. The molecule has 1 aromatic rings. The molecule has 0 bridgehead atoms. The maximum atomic E-state index is 10.7. The molecule has 0 amide bonds.